The first-order chi connectivity index (χ1) is 8.83. The number of benzene rings is 1. The number of aryl methyl sites for hydroxylation is 1. The van der Waals surface area contributed by atoms with E-state index in [4.69, 9.17) is 15.2 Å². The van der Waals surface area contributed by atoms with E-state index in [-0.39, 0.29) is 12.1 Å². The summed E-state index contributed by atoms with van der Waals surface area (Å²) in [6.45, 7) is 1.58. The molecule has 3 rings (SSSR count). The molecule has 1 heterocycles. The number of fused-ring (bicyclic) bond motifs is 1. The second-order valence-electron chi connectivity index (χ2n) is 5.32. The zero-order valence-corrected chi connectivity index (χ0v) is 10.7. The standard InChI is InChI=1S/C15H21NO2/c16-15-5-1-3-11-6-7-12(9-14(11)15)18-13-4-2-8-17-10-13/h6-7,9,13,15H,1-5,8,10,16H2/t13?,15-/m0/s1. The minimum absolute atomic E-state index is 0.180. The summed E-state index contributed by atoms with van der Waals surface area (Å²) in [6, 6.07) is 6.56. The van der Waals surface area contributed by atoms with E-state index in [1.54, 1.807) is 0 Å². The van der Waals surface area contributed by atoms with Crippen LogP contribution in [0.5, 0.6) is 5.75 Å². The van der Waals surface area contributed by atoms with Crippen LogP contribution in [-0.2, 0) is 11.2 Å². The summed E-state index contributed by atoms with van der Waals surface area (Å²) in [5, 5.41) is 0. The molecule has 0 radical (unpaired) electrons. The molecule has 1 fully saturated rings. The molecule has 1 aliphatic heterocycles. The summed E-state index contributed by atoms with van der Waals surface area (Å²) in [4.78, 5) is 0. The Morgan fingerprint density at radius 2 is 2.17 bits per heavy atom. The minimum atomic E-state index is 0.180. The molecule has 3 nitrogen and oxygen atoms in total. The van der Waals surface area contributed by atoms with Crippen LogP contribution in [0.3, 0.4) is 0 Å². The lowest BCUT2D eigenvalue weighted by molar-refractivity contribution is 0.00737. The fourth-order valence-corrected chi connectivity index (χ4v) is 2.88. The van der Waals surface area contributed by atoms with Gasteiger partial charge in [-0.05, 0) is 55.4 Å². The van der Waals surface area contributed by atoms with Gasteiger partial charge < -0.3 is 15.2 Å². The molecule has 2 aliphatic rings. The first-order valence-corrected chi connectivity index (χ1v) is 6.96. The Kier molecular flexibility index (Phi) is 3.52. The first-order valence-electron chi connectivity index (χ1n) is 6.96. The van der Waals surface area contributed by atoms with E-state index in [1.807, 2.05) is 0 Å². The van der Waals surface area contributed by atoms with Crippen LogP contribution < -0.4 is 10.5 Å². The molecule has 1 aromatic rings. The summed E-state index contributed by atoms with van der Waals surface area (Å²) in [7, 11) is 0. The molecular formula is C15H21NO2. The third kappa shape index (κ3) is 2.52. The Morgan fingerprint density at radius 1 is 1.22 bits per heavy atom. The summed E-state index contributed by atoms with van der Waals surface area (Å²) in [6.07, 6.45) is 5.82. The average Bonchev–Trinajstić information content (AvgIpc) is 2.41. The predicted octanol–water partition coefficient (Wildman–Crippen LogP) is 2.58. The van der Waals surface area contributed by atoms with Crippen molar-refractivity contribution < 1.29 is 9.47 Å². The van der Waals surface area contributed by atoms with E-state index in [1.165, 1.54) is 17.5 Å². The largest absolute Gasteiger partial charge is 0.488 e. The topological polar surface area (TPSA) is 44.5 Å². The van der Waals surface area contributed by atoms with Crippen LogP contribution in [-0.4, -0.2) is 19.3 Å². The van der Waals surface area contributed by atoms with Gasteiger partial charge in [-0.25, -0.2) is 0 Å². The van der Waals surface area contributed by atoms with Crippen molar-refractivity contribution in [3.05, 3.63) is 29.3 Å². The summed E-state index contributed by atoms with van der Waals surface area (Å²) in [5.74, 6) is 0.946. The Morgan fingerprint density at radius 3 is 3.00 bits per heavy atom. The van der Waals surface area contributed by atoms with Crippen LogP contribution in [0, 0.1) is 0 Å². The van der Waals surface area contributed by atoms with Crippen molar-refractivity contribution in [1.29, 1.82) is 0 Å². The van der Waals surface area contributed by atoms with Crippen molar-refractivity contribution in [2.24, 2.45) is 5.73 Å². The zero-order valence-electron chi connectivity index (χ0n) is 10.7. The third-order valence-corrected chi connectivity index (χ3v) is 3.90. The molecule has 1 aromatic carbocycles. The average molecular weight is 247 g/mol. The normalized spacial score (nSPS) is 27.6. The highest BCUT2D eigenvalue weighted by molar-refractivity contribution is 5.39. The maximum absolute atomic E-state index is 6.17. The van der Waals surface area contributed by atoms with Gasteiger partial charge in [0.1, 0.15) is 11.9 Å². The van der Waals surface area contributed by atoms with E-state index < -0.39 is 0 Å². The molecule has 0 saturated carbocycles. The lowest BCUT2D eigenvalue weighted by atomic mass is 9.88. The van der Waals surface area contributed by atoms with E-state index in [0.29, 0.717) is 6.61 Å². The number of hydrogen-bond donors (Lipinski definition) is 1. The van der Waals surface area contributed by atoms with Crippen LogP contribution in [0.1, 0.15) is 42.9 Å². The number of ether oxygens (including phenoxy) is 2. The molecule has 2 N–H and O–H groups in total. The van der Waals surface area contributed by atoms with Crippen LogP contribution in [0.25, 0.3) is 0 Å². The smallest absolute Gasteiger partial charge is 0.122 e. The molecule has 1 aliphatic carbocycles. The fourth-order valence-electron chi connectivity index (χ4n) is 2.88. The number of nitrogens with two attached hydrogens (primary N) is 1. The SMILES string of the molecule is N[C@H]1CCCc2ccc(OC3CCCOC3)cc21. The molecule has 1 saturated heterocycles. The Bertz CT molecular complexity index is 413. The molecule has 0 spiro atoms. The van der Waals surface area contributed by atoms with Gasteiger partial charge in [0.05, 0.1) is 6.61 Å². The molecule has 3 heteroatoms. The molecule has 1 unspecified atom stereocenters. The first kappa shape index (κ1) is 12.0. The predicted molar refractivity (Wildman–Crippen MR) is 70.8 cm³/mol. The van der Waals surface area contributed by atoms with Gasteiger partial charge in [0, 0.05) is 12.6 Å². The van der Waals surface area contributed by atoms with Crippen molar-refractivity contribution in [1.82, 2.24) is 0 Å². The van der Waals surface area contributed by atoms with Crippen molar-refractivity contribution in [3.8, 4) is 5.75 Å². The van der Waals surface area contributed by atoms with E-state index >= 15 is 0 Å². The third-order valence-electron chi connectivity index (χ3n) is 3.90. The van der Waals surface area contributed by atoms with Gasteiger partial charge in [-0.1, -0.05) is 6.07 Å². The van der Waals surface area contributed by atoms with E-state index in [9.17, 15) is 0 Å². The maximum atomic E-state index is 6.17. The number of rotatable bonds is 2. The fraction of sp³-hybridized carbons (Fsp3) is 0.600. The second-order valence-corrected chi connectivity index (χ2v) is 5.32. The van der Waals surface area contributed by atoms with Gasteiger partial charge in [0.15, 0.2) is 0 Å². The van der Waals surface area contributed by atoms with Crippen molar-refractivity contribution >= 4 is 0 Å². The zero-order chi connectivity index (χ0) is 12.4. The van der Waals surface area contributed by atoms with Gasteiger partial charge in [-0.3, -0.25) is 0 Å². The Balaban J connectivity index is 1.74. The monoisotopic (exact) mass is 247 g/mol. The number of hydrogen-bond acceptors (Lipinski definition) is 3. The van der Waals surface area contributed by atoms with Crippen molar-refractivity contribution in [2.75, 3.05) is 13.2 Å². The lowest BCUT2D eigenvalue weighted by Crippen LogP contribution is -2.28. The highest BCUT2D eigenvalue weighted by Crippen LogP contribution is 2.31. The molecule has 0 aromatic heterocycles. The van der Waals surface area contributed by atoms with E-state index in [2.05, 4.69) is 18.2 Å². The summed E-state index contributed by atoms with van der Waals surface area (Å²) >= 11 is 0. The van der Waals surface area contributed by atoms with Gasteiger partial charge in [-0.2, -0.15) is 0 Å². The minimum Gasteiger partial charge on any atom is -0.488 e. The highest BCUT2D eigenvalue weighted by Gasteiger charge is 2.19. The molecule has 98 valence electrons. The van der Waals surface area contributed by atoms with Crippen molar-refractivity contribution in [3.63, 3.8) is 0 Å². The molecule has 0 bridgehead atoms. The maximum Gasteiger partial charge on any atom is 0.122 e. The van der Waals surface area contributed by atoms with Gasteiger partial charge in [0.2, 0.25) is 0 Å². The van der Waals surface area contributed by atoms with E-state index in [0.717, 1.165) is 38.0 Å². The van der Waals surface area contributed by atoms with Crippen LogP contribution >= 0.6 is 0 Å². The van der Waals surface area contributed by atoms with Crippen LogP contribution in [0.4, 0.5) is 0 Å². The lowest BCUT2D eigenvalue weighted by Gasteiger charge is -2.26. The van der Waals surface area contributed by atoms with Gasteiger partial charge in [0.25, 0.3) is 0 Å². The Hall–Kier alpha value is -1.06. The second kappa shape index (κ2) is 5.29. The molecule has 0 amide bonds. The van der Waals surface area contributed by atoms with Crippen LogP contribution in [0.15, 0.2) is 18.2 Å². The highest BCUT2D eigenvalue weighted by atomic mass is 16.5. The van der Waals surface area contributed by atoms with Crippen molar-refractivity contribution in [2.45, 2.75) is 44.2 Å². The van der Waals surface area contributed by atoms with Gasteiger partial charge >= 0.3 is 0 Å². The van der Waals surface area contributed by atoms with Crippen LogP contribution in [0.2, 0.25) is 0 Å². The summed E-state index contributed by atoms with van der Waals surface area (Å²) < 4.78 is 11.4. The molecule has 18 heavy (non-hydrogen) atoms. The summed E-state index contributed by atoms with van der Waals surface area (Å²) in [5.41, 5.74) is 8.83. The molecule has 2 atom stereocenters. The Labute approximate surface area is 108 Å². The quantitative estimate of drug-likeness (QED) is 0.873. The van der Waals surface area contributed by atoms with Gasteiger partial charge in [-0.15, -0.1) is 0 Å². The molecular weight excluding hydrogens is 226 g/mol.